The lowest BCUT2D eigenvalue weighted by Gasteiger charge is -2.17. The normalized spacial score (nSPS) is 12.6. The average molecular weight is 369 g/mol. The van der Waals surface area contributed by atoms with Gasteiger partial charge in [0.1, 0.15) is 0 Å². The van der Waals surface area contributed by atoms with Gasteiger partial charge in [-0.2, -0.15) is 0 Å². The molecule has 0 aromatic carbocycles. The molecular formula is C25H52O. The first-order valence-electron chi connectivity index (χ1n) is 12.4. The molecule has 0 aromatic rings. The molecule has 0 spiro atoms. The molecule has 0 heterocycles. The molecule has 0 aliphatic carbocycles. The van der Waals surface area contributed by atoms with Gasteiger partial charge in [-0.25, -0.2) is 0 Å². The van der Waals surface area contributed by atoms with Crippen LogP contribution in [0.4, 0.5) is 0 Å². The standard InChI is InChI=1S/C25H52O/c1-4-7-9-11-13-14-16-18-20-22-25(24-26-23-6-3)21-19-17-15-12-10-8-5-2/h25H,4-24H2,1-3H3. The van der Waals surface area contributed by atoms with Gasteiger partial charge in [-0.05, 0) is 25.2 Å². The summed E-state index contributed by atoms with van der Waals surface area (Å²) in [5.41, 5.74) is 0. The summed E-state index contributed by atoms with van der Waals surface area (Å²) in [7, 11) is 0. The van der Waals surface area contributed by atoms with Crippen LogP contribution in [0.1, 0.15) is 143 Å². The van der Waals surface area contributed by atoms with E-state index in [4.69, 9.17) is 4.74 Å². The fourth-order valence-electron chi connectivity index (χ4n) is 3.84. The van der Waals surface area contributed by atoms with Crippen molar-refractivity contribution in [1.29, 1.82) is 0 Å². The first kappa shape index (κ1) is 26.0. The maximum absolute atomic E-state index is 5.89. The van der Waals surface area contributed by atoms with Crippen molar-refractivity contribution in [2.24, 2.45) is 5.92 Å². The van der Waals surface area contributed by atoms with Crippen LogP contribution in [0.3, 0.4) is 0 Å². The largest absolute Gasteiger partial charge is 0.381 e. The lowest BCUT2D eigenvalue weighted by atomic mass is 9.94. The van der Waals surface area contributed by atoms with Gasteiger partial charge in [0, 0.05) is 13.2 Å². The van der Waals surface area contributed by atoms with Crippen LogP contribution >= 0.6 is 0 Å². The zero-order chi connectivity index (χ0) is 19.1. The third-order valence-electron chi connectivity index (χ3n) is 5.63. The molecule has 0 rings (SSSR count). The van der Waals surface area contributed by atoms with Gasteiger partial charge in [0.2, 0.25) is 0 Å². The van der Waals surface area contributed by atoms with Crippen LogP contribution in [0.25, 0.3) is 0 Å². The van der Waals surface area contributed by atoms with E-state index in [1.54, 1.807) is 0 Å². The molecule has 0 saturated heterocycles. The maximum Gasteiger partial charge on any atom is 0.0494 e. The monoisotopic (exact) mass is 368 g/mol. The number of hydrogen-bond donors (Lipinski definition) is 0. The minimum absolute atomic E-state index is 0.821. The van der Waals surface area contributed by atoms with E-state index in [1.807, 2.05) is 0 Å². The fraction of sp³-hybridized carbons (Fsp3) is 1.00. The summed E-state index contributed by atoms with van der Waals surface area (Å²) in [6, 6.07) is 0. The maximum atomic E-state index is 5.89. The van der Waals surface area contributed by atoms with E-state index in [0.29, 0.717) is 0 Å². The second-order valence-corrected chi connectivity index (χ2v) is 8.47. The van der Waals surface area contributed by atoms with Crippen molar-refractivity contribution < 1.29 is 4.74 Å². The van der Waals surface area contributed by atoms with Crippen molar-refractivity contribution >= 4 is 0 Å². The molecule has 1 nitrogen and oxygen atoms in total. The molecule has 0 fully saturated rings. The summed E-state index contributed by atoms with van der Waals surface area (Å²) < 4.78 is 5.89. The van der Waals surface area contributed by atoms with E-state index in [-0.39, 0.29) is 0 Å². The number of unbranched alkanes of at least 4 members (excludes halogenated alkanes) is 14. The molecule has 0 N–H and O–H groups in total. The first-order chi connectivity index (χ1) is 12.8. The van der Waals surface area contributed by atoms with Gasteiger partial charge in [0.15, 0.2) is 0 Å². The quantitative estimate of drug-likeness (QED) is 0.173. The molecule has 0 saturated carbocycles. The highest BCUT2D eigenvalue weighted by molar-refractivity contribution is 4.61. The highest BCUT2D eigenvalue weighted by atomic mass is 16.5. The van der Waals surface area contributed by atoms with Crippen LogP contribution in [0.15, 0.2) is 0 Å². The summed E-state index contributed by atoms with van der Waals surface area (Å²) in [6.07, 6.45) is 26.8. The summed E-state index contributed by atoms with van der Waals surface area (Å²) in [6.45, 7) is 8.78. The Hall–Kier alpha value is -0.0400. The second kappa shape index (κ2) is 23.0. The van der Waals surface area contributed by atoms with Crippen LogP contribution in [0, 0.1) is 5.92 Å². The molecule has 0 aromatic heterocycles. The average Bonchev–Trinajstić information content (AvgIpc) is 2.65. The molecule has 1 unspecified atom stereocenters. The molecule has 0 bridgehead atoms. The molecule has 0 radical (unpaired) electrons. The first-order valence-corrected chi connectivity index (χ1v) is 12.4. The van der Waals surface area contributed by atoms with E-state index in [1.165, 1.54) is 116 Å². The smallest absolute Gasteiger partial charge is 0.0494 e. The van der Waals surface area contributed by atoms with Crippen molar-refractivity contribution in [3.8, 4) is 0 Å². The molecule has 1 atom stereocenters. The predicted octanol–water partition coefficient (Wildman–Crippen LogP) is 9.09. The van der Waals surface area contributed by atoms with E-state index < -0.39 is 0 Å². The van der Waals surface area contributed by atoms with Gasteiger partial charge in [-0.15, -0.1) is 0 Å². The fourth-order valence-corrected chi connectivity index (χ4v) is 3.84. The van der Waals surface area contributed by atoms with Crippen LogP contribution in [0.5, 0.6) is 0 Å². The highest BCUT2D eigenvalue weighted by Gasteiger charge is 2.09. The zero-order valence-electron chi connectivity index (χ0n) is 18.8. The predicted molar refractivity (Wildman–Crippen MR) is 119 cm³/mol. The molecule has 26 heavy (non-hydrogen) atoms. The van der Waals surface area contributed by atoms with Crippen molar-refractivity contribution in [2.45, 2.75) is 143 Å². The zero-order valence-corrected chi connectivity index (χ0v) is 18.8. The van der Waals surface area contributed by atoms with Crippen molar-refractivity contribution in [3.63, 3.8) is 0 Å². The van der Waals surface area contributed by atoms with Crippen LogP contribution in [0.2, 0.25) is 0 Å². The van der Waals surface area contributed by atoms with Gasteiger partial charge in [-0.1, -0.05) is 124 Å². The topological polar surface area (TPSA) is 9.23 Å². The third-order valence-corrected chi connectivity index (χ3v) is 5.63. The van der Waals surface area contributed by atoms with Crippen LogP contribution in [-0.4, -0.2) is 13.2 Å². The Morgan fingerprint density at radius 3 is 1.23 bits per heavy atom. The van der Waals surface area contributed by atoms with E-state index >= 15 is 0 Å². The molecular weight excluding hydrogens is 316 g/mol. The van der Waals surface area contributed by atoms with Crippen molar-refractivity contribution in [2.75, 3.05) is 13.2 Å². The third kappa shape index (κ3) is 20.3. The van der Waals surface area contributed by atoms with E-state index in [9.17, 15) is 0 Å². The molecule has 158 valence electrons. The minimum Gasteiger partial charge on any atom is -0.381 e. The van der Waals surface area contributed by atoms with E-state index in [2.05, 4.69) is 20.8 Å². The van der Waals surface area contributed by atoms with Crippen LogP contribution < -0.4 is 0 Å². The lowest BCUT2D eigenvalue weighted by molar-refractivity contribution is 0.0914. The molecule has 1 heteroatoms. The molecule has 0 aliphatic heterocycles. The Bertz CT molecular complexity index is 238. The van der Waals surface area contributed by atoms with Crippen molar-refractivity contribution in [3.05, 3.63) is 0 Å². The minimum atomic E-state index is 0.821. The summed E-state index contributed by atoms with van der Waals surface area (Å²) >= 11 is 0. The van der Waals surface area contributed by atoms with E-state index in [0.717, 1.165) is 25.6 Å². The van der Waals surface area contributed by atoms with Crippen molar-refractivity contribution in [1.82, 2.24) is 0 Å². The number of ether oxygens (including phenoxy) is 1. The van der Waals surface area contributed by atoms with Gasteiger partial charge in [0.25, 0.3) is 0 Å². The lowest BCUT2D eigenvalue weighted by Crippen LogP contribution is -2.10. The highest BCUT2D eigenvalue weighted by Crippen LogP contribution is 2.20. The Morgan fingerprint density at radius 2 is 0.846 bits per heavy atom. The molecule has 0 amide bonds. The Labute approximate surface area is 167 Å². The van der Waals surface area contributed by atoms with Gasteiger partial charge in [0.05, 0.1) is 0 Å². The Morgan fingerprint density at radius 1 is 0.462 bits per heavy atom. The number of hydrogen-bond acceptors (Lipinski definition) is 1. The van der Waals surface area contributed by atoms with Gasteiger partial charge < -0.3 is 4.74 Å². The molecule has 0 aliphatic rings. The van der Waals surface area contributed by atoms with Gasteiger partial charge >= 0.3 is 0 Å². The SMILES string of the molecule is CCCCCCCCCCCC(CCCCCCCCC)COCCC. The summed E-state index contributed by atoms with van der Waals surface area (Å²) in [4.78, 5) is 0. The van der Waals surface area contributed by atoms with Crippen LogP contribution in [-0.2, 0) is 4.74 Å². The second-order valence-electron chi connectivity index (χ2n) is 8.47. The Kier molecular flexibility index (Phi) is 23.0. The Balaban J connectivity index is 3.62. The summed E-state index contributed by atoms with van der Waals surface area (Å²) in [5, 5.41) is 0. The van der Waals surface area contributed by atoms with Gasteiger partial charge in [-0.3, -0.25) is 0 Å². The number of rotatable bonds is 22. The summed E-state index contributed by atoms with van der Waals surface area (Å²) in [5.74, 6) is 0.821.